The number of anilines is 1. The Morgan fingerprint density at radius 3 is 2.52 bits per heavy atom. The number of carboxylic acids is 1. The molecule has 6 heteroatoms. The lowest BCUT2D eigenvalue weighted by Gasteiger charge is -2.29. The van der Waals surface area contributed by atoms with Gasteiger partial charge in [-0.1, -0.05) is 0 Å². The third-order valence-electron chi connectivity index (χ3n) is 4.00. The highest BCUT2D eigenvalue weighted by molar-refractivity contribution is 5.98. The number of carbonyl (C=O) groups excluding carboxylic acids is 1. The van der Waals surface area contributed by atoms with E-state index in [4.69, 9.17) is 15.6 Å². The molecule has 0 spiro atoms. The zero-order valence-electron chi connectivity index (χ0n) is 13.6. The number of rotatable bonds is 6. The molecule has 0 radical (unpaired) electrons. The largest absolute Gasteiger partial charge is 0.489 e. The van der Waals surface area contributed by atoms with Gasteiger partial charge in [-0.2, -0.15) is 0 Å². The number of hydrogen-bond acceptors (Lipinski definition) is 5. The SMILES string of the molecule is CC(C)Oc1ccc(C(=O)CN2CCC(C(=O)O)CC2)cc1N. The summed E-state index contributed by atoms with van der Waals surface area (Å²) in [6.45, 7) is 5.38. The van der Waals surface area contributed by atoms with Gasteiger partial charge in [-0.15, -0.1) is 0 Å². The smallest absolute Gasteiger partial charge is 0.306 e. The van der Waals surface area contributed by atoms with Gasteiger partial charge in [0.2, 0.25) is 0 Å². The quantitative estimate of drug-likeness (QED) is 0.615. The van der Waals surface area contributed by atoms with Crippen LogP contribution in [0.3, 0.4) is 0 Å². The van der Waals surface area contributed by atoms with Crippen molar-refractivity contribution in [3.63, 3.8) is 0 Å². The fraction of sp³-hybridized carbons (Fsp3) is 0.529. The van der Waals surface area contributed by atoms with Crippen LogP contribution in [0.25, 0.3) is 0 Å². The number of hydrogen-bond donors (Lipinski definition) is 2. The maximum Gasteiger partial charge on any atom is 0.306 e. The standard InChI is InChI=1S/C17H24N2O4/c1-11(2)23-16-4-3-13(9-14(16)18)15(20)10-19-7-5-12(6-8-19)17(21)22/h3-4,9,11-12H,5-8,10,18H2,1-2H3,(H,21,22). The molecular weight excluding hydrogens is 296 g/mol. The number of ketones is 1. The molecule has 0 atom stereocenters. The Morgan fingerprint density at radius 2 is 2.00 bits per heavy atom. The molecule has 6 nitrogen and oxygen atoms in total. The molecule has 0 aliphatic carbocycles. The number of piperidine rings is 1. The van der Waals surface area contributed by atoms with Crippen LogP contribution in [0.15, 0.2) is 18.2 Å². The van der Waals surface area contributed by atoms with Crippen molar-refractivity contribution in [2.45, 2.75) is 32.8 Å². The molecule has 0 aromatic heterocycles. The highest BCUT2D eigenvalue weighted by Gasteiger charge is 2.25. The summed E-state index contributed by atoms with van der Waals surface area (Å²) in [5, 5.41) is 8.99. The normalized spacial score (nSPS) is 16.5. The fourth-order valence-electron chi connectivity index (χ4n) is 2.72. The van der Waals surface area contributed by atoms with Gasteiger partial charge in [0.25, 0.3) is 0 Å². The molecule has 1 saturated heterocycles. The molecule has 1 fully saturated rings. The van der Waals surface area contributed by atoms with E-state index in [2.05, 4.69) is 0 Å². The van der Waals surface area contributed by atoms with Gasteiger partial charge in [0.05, 0.1) is 24.3 Å². The molecule has 23 heavy (non-hydrogen) atoms. The van der Waals surface area contributed by atoms with Crippen molar-refractivity contribution in [3.8, 4) is 5.75 Å². The maximum atomic E-state index is 12.4. The van der Waals surface area contributed by atoms with Crippen molar-refractivity contribution in [1.29, 1.82) is 0 Å². The fourth-order valence-corrected chi connectivity index (χ4v) is 2.72. The zero-order valence-corrected chi connectivity index (χ0v) is 13.6. The van der Waals surface area contributed by atoms with Gasteiger partial charge in [-0.3, -0.25) is 14.5 Å². The van der Waals surface area contributed by atoms with Crippen LogP contribution < -0.4 is 10.5 Å². The highest BCUT2D eigenvalue weighted by Crippen LogP contribution is 2.24. The van der Waals surface area contributed by atoms with Crippen LogP contribution in [-0.2, 0) is 4.79 Å². The summed E-state index contributed by atoms with van der Waals surface area (Å²) < 4.78 is 5.56. The monoisotopic (exact) mass is 320 g/mol. The molecule has 1 aromatic carbocycles. The molecule has 126 valence electrons. The number of nitrogen functional groups attached to an aromatic ring is 1. The summed E-state index contributed by atoms with van der Waals surface area (Å²) in [7, 11) is 0. The summed E-state index contributed by atoms with van der Waals surface area (Å²) >= 11 is 0. The molecule has 0 bridgehead atoms. The Morgan fingerprint density at radius 1 is 1.35 bits per heavy atom. The van der Waals surface area contributed by atoms with E-state index in [0.29, 0.717) is 42.9 Å². The number of benzene rings is 1. The maximum absolute atomic E-state index is 12.4. The van der Waals surface area contributed by atoms with Gasteiger partial charge in [-0.25, -0.2) is 0 Å². The number of ether oxygens (including phenoxy) is 1. The number of Topliss-reactive ketones (excluding diaryl/α,β-unsaturated/α-hetero) is 1. The predicted molar refractivity (Wildman–Crippen MR) is 87.7 cm³/mol. The van der Waals surface area contributed by atoms with E-state index in [1.807, 2.05) is 18.7 Å². The van der Waals surface area contributed by atoms with E-state index in [-0.39, 0.29) is 24.3 Å². The summed E-state index contributed by atoms with van der Waals surface area (Å²) in [5.41, 5.74) is 6.94. The lowest BCUT2D eigenvalue weighted by atomic mass is 9.96. The van der Waals surface area contributed by atoms with Gasteiger partial charge in [-0.05, 0) is 58.0 Å². The minimum Gasteiger partial charge on any atom is -0.489 e. The first-order chi connectivity index (χ1) is 10.9. The molecule has 2 rings (SSSR count). The van der Waals surface area contributed by atoms with E-state index in [1.165, 1.54) is 0 Å². The summed E-state index contributed by atoms with van der Waals surface area (Å²) in [6.07, 6.45) is 1.20. The number of carbonyl (C=O) groups is 2. The van der Waals surface area contributed by atoms with E-state index in [9.17, 15) is 9.59 Å². The Hall–Kier alpha value is -2.08. The first kappa shape index (κ1) is 17.3. The Kier molecular flexibility index (Phi) is 5.60. The molecule has 0 saturated carbocycles. The van der Waals surface area contributed by atoms with Gasteiger partial charge in [0, 0.05) is 5.56 Å². The van der Waals surface area contributed by atoms with Crippen LogP contribution in [0.2, 0.25) is 0 Å². The molecule has 1 aromatic rings. The molecular formula is C17H24N2O4. The van der Waals surface area contributed by atoms with Gasteiger partial charge >= 0.3 is 5.97 Å². The van der Waals surface area contributed by atoms with Crippen molar-refractivity contribution < 1.29 is 19.4 Å². The molecule has 0 amide bonds. The third-order valence-corrected chi connectivity index (χ3v) is 4.00. The van der Waals surface area contributed by atoms with Crippen molar-refractivity contribution in [2.24, 2.45) is 5.92 Å². The van der Waals surface area contributed by atoms with Gasteiger partial charge in [0.1, 0.15) is 5.75 Å². The molecule has 1 aliphatic rings. The van der Waals surface area contributed by atoms with E-state index in [0.717, 1.165) is 0 Å². The average Bonchev–Trinajstić information content (AvgIpc) is 2.49. The molecule has 1 aliphatic heterocycles. The predicted octanol–water partition coefficient (Wildman–Crippen LogP) is 2.04. The number of nitrogens with zero attached hydrogens (tertiary/aromatic N) is 1. The van der Waals surface area contributed by atoms with E-state index < -0.39 is 5.97 Å². The topological polar surface area (TPSA) is 92.9 Å². The van der Waals surface area contributed by atoms with Crippen LogP contribution in [0.5, 0.6) is 5.75 Å². The molecule has 1 heterocycles. The van der Waals surface area contributed by atoms with Gasteiger partial charge in [0.15, 0.2) is 5.78 Å². The van der Waals surface area contributed by atoms with E-state index in [1.54, 1.807) is 18.2 Å². The van der Waals surface area contributed by atoms with Crippen molar-refractivity contribution >= 4 is 17.4 Å². The van der Waals surface area contributed by atoms with Crippen LogP contribution in [-0.4, -0.2) is 47.5 Å². The number of nitrogens with two attached hydrogens (primary N) is 1. The summed E-state index contributed by atoms with van der Waals surface area (Å²) in [5.74, 6) is -0.464. The van der Waals surface area contributed by atoms with Crippen LogP contribution >= 0.6 is 0 Å². The molecule has 3 N–H and O–H groups in total. The molecule has 0 unspecified atom stereocenters. The number of likely N-dealkylation sites (tertiary alicyclic amines) is 1. The second kappa shape index (κ2) is 7.46. The Labute approximate surface area is 136 Å². The Bertz CT molecular complexity index is 578. The first-order valence-corrected chi connectivity index (χ1v) is 7.91. The third kappa shape index (κ3) is 4.69. The number of aliphatic carboxylic acids is 1. The van der Waals surface area contributed by atoms with Crippen molar-refractivity contribution in [3.05, 3.63) is 23.8 Å². The second-order valence-corrected chi connectivity index (χ2v) is 6.23. The van der Waals surface area contributed by atoms with Crippen LogP contribution in [0.4, 0.5) is 5.69 Å². The zero-order chi connectivity index (χ0) is 17.0. The highest BCUT2D eigenvalue weighted by atomic mass is 16.5. The van der Waals surface area contributed by atoms with E-state index >= 15 is 0 Å². The van der Waals surface area contributed by atoms with Gasteiger partial charge < -0.3 is 15.6 Å². The minimum atomic E-state index is -0.746. The lowest BCUT2D eigenvalue weighted by Crippen LogP contribution is -2.39. The first-order valence-electron chi connectivity index (χ1n) is 7.91. The number of carboxylic acid groups (broad SMARTS) is 1. The Balaban J connectivity index is 1.94. The second-order valence-electron chi connectivity index (χ2n) is 6.23. The van der Waals surface area contributed by atoms with Crippen LogP contribution in [0.1, 0.15) is 37.0 Å². The van der Waals surface area contributed by atoms with Crippen molar-refractivity contribution in [1.82, 2.24) is 4.90 Å². The minimum absolute atomic E-state index is 0.0124. The summed E-state index contributed by atoms with van der Waals surface area (Å²) in [4.78, 5) is 25.3. The average molecular weight is 320 g/mol. The van der Waals surface area contributed by atoms with Crippen molar-refractivity contribution in [2.75, 3.05) is 25.4 Å². The summed E-state index contributed by atoms with van der Waals surface area (Å²) in [6, 6.07) is 5.09. The lowest BCUT2D eigenvalue weighted by molar-refractivity contribution is -0.143. The van der Waals surface area contributed by atoms with Crippen LogP contribution in [0, 0.1) is 5.92 Å².